The van der Waals surface area contributed by atoms with Gasteiger partial charge in [-0.1, -0.05) is 11.6 Å². The number of nitrogens with two attached hydrogens (primary N) is 1. The van der Waals surface area contributed by atoms with Gasteiger partial charge in [-0.3, -0.25) is 0 Å². The molecule has 2 N–H and O–H groups in total. The predicted octanol–water partition coefficient (Wildman–Crippen LogP) is 1.91. The van der Waals surface area contributed by atoms with Crippen LogP contribution in [0.4, 0.5) is 0 Å². The molecule has 2 rings (SSSR count). The summed E-state index contributed by atoms with van der Waals surface area (Å²) in [5, 5.41) is 0.380. The second-order valence-corrected chi connectivity index (χ2v) is 8.10. The van der Waals surface area contributed by atoms with E-state index >= 15 is 0 Å². The Bertz CT molecular complexity index is 644. The lowest BCUT2D eigenvalue weighted by Gasteiger charge is -2.41. The van der Waals surface area contributed by atoms with Gasteiger partial charge in [0.2, 0.25) is 10.0 Å². The minimum atomic E-state index is -3.64. The van der Waals surface area contributed by atoms with Crippen molar-refractivity contribution in [3.63, 3.8) is 0 Å². The van der Waals surface area contributed by atoms with Crippen LogP contribution in [0.3, 0.4) is 0 Å². The number of halogens is 1. The zero-order valence-electron chi connectivity index (χ0n) is 12.5. The first kappa shape index (κ1) is 16.7. The summed E-state index contributed by atoms with van der Waals surface area (Å²) in [6.45, 7) is 6.82. The lowest BCUT2D eigenvalue weighted by atomic mass is 10.1. The van der Waals surface area contributed by atoms with Crippen molar-refractivity contribution < 1.29 is 13.2 Å². The molecule has 0 spiro atoms. The van der Waals surface area contributed by atoms with Crippen molar-refractivity contribution in [1.29, 1.82) is 0 Å². The molecule has 5 nitrogen and oxygen atoms in total. The Hall–Kier alpha value is -0.660. The van der Waals surface area contributed by atoms with E-state index in [4.69, 9.17) is 22.1 Å². The molecule has 1 heterocycles. The Kier molecular flexibility index (Phi) is 4.66. The van der Waals surface area contributed by atoms with Gasteiger partial charge in [-0.25, -0.2) is 8.42 Å². The highest BCUT2D eigenvalue weighted by Crippen LogP contribution is 2.31. The molecular formula is C14H21ClN2O3S. The molecule has 1 aliphatic heterocycles. The molecule has 7 heteroatoms. The summed E-state index contributed by atoms with van der Waals surface area (Å²) in [7, 11) is -3.64. The average Bonchev–Trinajstić information content (AvgIpc) is 2.40. The first-order valence-corrected chi connectivity index (χ1v) is 8.61. The van der Waals surface area contributed by atoms with Crippen molar-refractivity contribution in [2.45, 2.75) is 37.8 Å². The zero-order valence-corrected chi connectivity index (χ0v) is 14.1. The van der Waals surface area contributed by atoms with Crippen LogP contribution in [0.2, 0.25) is 5.02 Å². The van der Waals surface area contributed by atoms with Crippen molar-refractivity contribution in [2.24, 2.45) is 5.73 Å². The Morgan fingerprint density at radius 2 is 2.10 bits per heavy atom. The average molecular weight is 333 g/mol. The largest absolute Gasteiger partial charge is 0.378 e. The number of rotatable bonds is 3. The van der Waals surface area contributed by atoms with Crippen LogP contribution in [-0.4, -0.2) is 38.0 Å². The Morgan fingerprint density at radius 1 is 1.43 bits per heavy atom. The van der Waals surface area contributed by atoms with Gasteiger partial charge in [0, 0.05) is 18.1 Å². The van der Waals surface area contributed by atoms with Crippen molar-refractivity contribution >= 4 is 21.6 Å². The van der Waals surface area contributed by atoms with E-state index in [1.165, 1.54) is 10.4 Å². The standard InChI is InChI=1S/C14H21ClN2O3S/c1-10-11(8-16)6-12(15)7-13(10)21(18,19)17-4-5-20-9-14(17,2)3/h6-7H,4-5,8-9,16H2,1-3H3. The highest BCUT2D eigenvalue weighted by molar-refractivity contribution is 7.89. The molecule has 1 fully saturated rings. The van der Waals surface area contributed by atoms with E-state index < -0.39 is 15.6 Å². The molecule has 0 bridgehead atoms. The van der Waals surface area contributed by atoms with Crippen molar-refractivity contribution in [1.82, 2.24) is 4.31 Å². The fourth-order valence-electron chi connectivity index (χ4n) is 2.60. The van der Waals surface area contributed by atoms with Gasteiger partial charge in [0.05, 0.1) is 23.6 Å². The summed E-state index contributed by atoms with van der Waals surface area (Å²) in [4.78, 5) is 0.227. The minimum absolute atomic E-state index is 0.227. The van der Waals surface area contributed by atoms with Gasteiger partial charge in [0.15, 0.2) is 0 Å². The monoisotopic (exact) mass is 332 g/mol. The lowest BCUT2D eigenvalue weighted by Crippen LogP contribution is -2.55. The van der Waals surface area contributed by atoms with E-state index in [1.54, 1.807) is 13.0 Å². The highest BCUT2D eigenvalue weighted by Gasteiger charge is 2.40. The number of hydrogen-bond acceptors (Lipinski definition) is 4. The quantitative estimate of drug-likeness (QED) is 0.917. The molecule has 0 aromatic heterocycles. The zero-order chi connectivity index (χ0) is 15.8. The molecule has 0 aliphatic carbocycles. The third kappa shape index (κ3) is 3.10. The highest BCUT2D eigenvalue weighted by atomic mass is 35.5. The summed E-state index contributed by atoms with van der Waals surface area (Å²) in [6, 6.07) is 3.21. The number of morpholine rings is 1. The van der Waals surface area contributed by atoms with E-state index in [-0.39, 0.29) is 11.4 Å². The van der Waals surface area contributed by atoms with Gasteiger partial charge < -0.3 is 10.5 Å². The fraction of sp³-hybridized carbons (Fsp3) is 0.571. The first-order chi connectivity index (χ1) is 9.70. The Labute approximate surface area is 131 Å². The van der Waals surface area contributed by atoms with E-state index in [0.717, 1.165) is 5.56 Å². The lowest BCUT2D eigenvalue weighted by molar-refractivity contribution is -0.00772. The number of nitrogens with zero attached hydrogens (tertiary/aromatic N) is 1. The van der Waals surface area contributed by atoms with Crippen LogP contribution in [0.15, 0.2) is 17.0 Å². The molecule has 0 amide bonds. The SMILES string of the molecule is Cc1c(CN)cc(Cl)cc1S(=O)(=O)N1CCOCC1(C)C. The summed E-state index contributed by atoms with van der Waals surface area (Å²) in [6.07, 6.45) is 0. The van der Waals surface area contributed by atoms with Gasteiger partial charge in [-0.05, 0) is 44.0 Å². The minimum Gasteiger partial charge on any atom is -0.378 e. The van der Waals surface area contributed by atoms with Gasteiger partial charge in [-0.2, -0.15) is 4.31 Å². The number of ether oxygens (including phenoxy) is 1. The summed E-state index contributed by atoms with van der Waals surface area (Å²) in [5.41, 5.74) is 6.49. The van der Waals surface area contributed by atoms with E-state index in [0.29, 0.717) is 30.3 Å². The normalized spacial score (nSPS) is 19.7. The van der Waals surface area contributed by atoms with E-state index in [1.807, 2.05) is 13.8 Å². The smallest absolute Gasteiger partial charge is 0.244 e. The number of hydrogen-bond donors (Lipinski definition) is 1. The summed E-state index contributed by atoms with van der Waals surface area (Å²) >= 11 is 6.05. The summed E-state index contributed by atoms with van der Waals surface area (Å²) in [5.74, 6) is 0. The molecular weight excluding hydrogens is 312 g/mol. The van der Waals surface area contributed by atoms with E-state index in [9.17, 15) is 8.42 Å². The van der Waals surface area contributed by atoms with Crippen LogP contribution in [0.1, 0.15) is 25.0 Å². The molecule has 21 heavy (non-hydrogen) atoms. The van der Waals surface area contributed by atoms with Crippen LogP contribution in [0, 0.1) is 6.92 Å². The molecule has 1 saturated heterocycles. The fourth-order valence-corrected chi connectivity index (χ4v) is 4.95. The van der Waals surface area contributed by atoms with Crippen LogP contribution >= 0.6 is 11.6 Å². The number of benzene rings is 1. The van der Waals surface area contributed by atoms with Crippen molar-refractivity contribution in [3.8, 4) is 0 Å². The van der Waals surface area contributed by atoms with Crippen LogP contribution in [0.25, 0.3) is 0 Å². The maximum atomic E-state index is 13.0. The van der Waals surface area contributed by atoms with E-state index in [2.05, 4.69) is 0 Å². The predicted molar refractivity (Wildman–Crippen MR) is 82.9 cm³/mol. The molecule has 0 saturated carbocycles. The second kappa shape index (κ2) is 5.85. The van der Waals surface area contributed by atoms with Crippen molar-refractivity contribution in [3.05, 3.63) is 28.3 Å². The molecule has 1 aliphatic rings. The third-order valence-electron chi connectivity index (χ3n) is 3.79. The van der Waals surface area contributed by atoms with Crippen LogP contribution in [-0.2, 0) is 21.3 Å². The Morgan fingerprint density at radius 3 is 2.67 bits per heavy atom. The number of sulfonamides is 1. The maximum Gasteiger partial charge on any atom is 0.244 e. The molecule has 1 aromatic carbocycles. The molecule has 0 unspecified atom stereocenters. The van der Waals surface area contributed by atoms with Crippen LogP contribution in [0.5, 0.6) is 0 Å². The molecule has 0 radical (unpaired) electrons. The van der Waals surface area contributed by atoms with Gasteiger partial charge in [0.25, 0.3) is 0 Å². The van der Waals surface area contributed by atoms with Gasteiger partial charge >= 0.3 is 0 Å². The van der Waals surface area contributed by atoms with Gasteiger partial charge in [-0.15, -0.1) is 0 Å². The topological polar surface area (TPSA) is 72.6 Å². The molecule has 118 valence electrons. The summed E-state index contributed by atoms with van der Waals surface area (Å²) < 4.78 is 32.9. The molecule has 1 aromatic rings. The first-order valence-electron chi connectivity index (χ1n) is 6.80. The maximum absolute atomic E-state index is 13.0. The van der Waals surface area contributed by atoms with Crippen molar-refractivity contribution in [2.75, 3.05) is 19.8 Å². The third-order valence-corrected chi connectivity index (χ3v) is 6.24. The second-order valence-electron chi connectivity index (χ2n) is 5.83. The molecule has 0 atom stereocenters. The van der Waals surface area contributed by atoms with Gasteiger partial charge in [0.1, 0.15) is 0 Å². The van der Waals surface area contributed by atoms with Crippen LogP contribution < -0.4 is 5.73 Å². The Balaban J connectivity index is 2.56.